The Bertz CT molecular complexity index is 703. The Morgan fingerprint density at radius 1 is 0.590 bits per heavy atom. The van der Waals surface area contributed by atoms with Crippen LogP contribution in [-0.4, -0.2) is 90.0 Å². The quantitative estimate of drug-likeness (QED) is 0.0643. The van der Waals surface area contributed by atoms with Crippen molar-refractivity contribution in [3.05, 3.63) is 0 Å². The molecule has 39 heavy (non-hydrogen) atoms. The smallest absolute Gasteiger partial charge is 0.317 e. The lowest BCUT2D eigenvalue weighted by molar-refractivity contribution is 0.115. The average molecular weight is 659 g/mol. The minimum absolute atomic E-state index is 0.277. The van der Waals surface area contributed by atoms with E-state index in [4.69, 9.17) is 34.8 Å². The third-order valence-electron chi connectivity index (χ3n) is 5.94. The van der Waals surface area contributed by atoms with Gasteiger partial charge in [-0.25, -0.2) is 0 Å². The predicted octanol–water partition coefficient (Wildman–Crippen LogP) is 7.30. The van der Waals surface area contributed by atoms with Crippen molar-refractivity contribution in [2.75, 3.05) is 33.0 Å². The summed E-state index contributed by atoms with van der Waals surface area (Å²) in [5.74, 6) is 0. The van der Waals surface area contributed by atoms with E-state index in [9.17, 15) is 0 Å². The van der Waals surface area contributed by atoms with Crippen molar-refractivity contribution in [2.24, 2.45) is 0 Å². The minimum Gasteiger partial charge on any atom is -0.437 e. The molecule has 1 rings (SSSR count). The first-order valence-corrected chi connectivity index (χ1v) is 32.2. The molecule has 0 radical (unpaired) electrons. The van der Waals surface area contributed by atoms with Crippen molar-refractivity contribution in [2.45, 2.75) is 129 Å². The van der Waals surface area contributed by atoms with Crippen LogP contribution < -0.4 is 0 Å². The molecule has 4 atom stereocenters. The summed E-state index contributed by atoms with van der Waals surface area (Å²) in [5.41, 5.74) is 0. The van der Waals surface area contributed by atoms with Gasteiger partial charge in [-0.2, -0.15) is 0 Å². The van der Waals surface area contributed by atoms with Gasteiger partial charge in [0.15, 0.2) is 16.6 Å². The van der Waals surface area contributed by atoms with Crippen LogP contribution in [0.5, 0.6) is 0 Å². The lowest BCUT2D eigenvalue weighted by atomic mass is 10.5. The van der Waals surface area contributed by atoms with Crippen LogP contribution in [0.15, 0.2) is 0 Å². The van der Waals surface area contributed by atoms with Gasteiger partial charge in [-0.1, -0.05) is 13.8 Å². The molecule has 4 unspecified atom stereocenters. The Kier molecular flexibility index (Phi) is 15.8. The van der Waals surface area contributed by atoms with E-state index in [1.54, 1.807) is 0 Å². The van der Waals surface area contributed by atoms with E-state index in [1.807, 2.05) is 0 Å². The van der Waals surface area contributed by atoms with Crippen molar-refractivity contribution in [3.8, 4) is 0 Å². The Hall–Kier alpha value is 0.981. The SMILES string of the molecule is CCCOCCC[Si](C)(O[Si](C)(C)O[Si](C)(C)C)O[Si](C)(CCCOCC1CO1)O[Si](C)(CC)O[Si](C)(C)C. The van der Waals surface area contributed by atoms with Gasteiger partial charge in [0, 0.05) is 19.8 Å². The van der Waals surface area contributed by atoms with E-state index < -0.39 is 50.9 Å². The molecule has 0 aliphatic carbocycles. The van der Waals surface area contributed by atoms with Crippen LogP contribution in [0.25, 0.3) is 0 Å². The van der Waals surface area contributed by atoms with E-state index in [1.165, 1.54) is 0 Å². The van der Waals surface area contributed by atoms with Crippen molar-refractivity contribution in [1.29, 1.82) is 0 Å². The van der Waals surface area contributed by atoms with Gasteiger partial charge in [-0.3, -0.25) is 0 Å². The molecule has 0 spiro atoms. The summed E-state index contributed by atoms with van der Waals surface area (Å²) >= 11 is 0. The van der Waals surface area contributed by atoms with Crippen LogP contribution in [0.1, 0.15) is 33.1 Å². The second-order valence-corrected chi connectivity index (χ2v) is 37.6. The second kappa shape index (κ2) is 16.2. The molecule has 1 aliphatic heterocycles. The van der Waals surface area contributed by atoms with Crippen LogP contribution >= 0.6 is 0 Å². The highest BCUT2D eigenvalue weighted by molar-refractivity contribution is 6.91. The summed E-state index contributed by atoms with van der Waals surface area (Å²) < 4.78 is 51.8. The Morgan fingerprint density at radius 2 is 1.08 bits per heavy atom. The molecular formula is C25H62O8Si6. The zero-order chi connectivity index (χ0) is 30.0. The summed E-state index contributed by atoms with van der Waals surface area (Å²) in [4.78, 5) is 0. The van der Waals surface area contributed by atoms with Gasteiger partial charge < -0.3 is 34.8 Å². The summed E-state index contributed by atoms with van der Waals surface area (Å²) in [5, 5.41) is 0. The molecule has 234 valence electrons. The molecule has 0 amide bonds. The van der Waals surface area contributed by atoms with E-state index in [2.05, 4.69) is 85.9 Å². The molecule has 14 heteroatoms. The summed E-state index contributed by atoms with van der Waals surface area (Å²) in [6.45, 7) is 32.4. The molecule has 0 aromatic rings. The van der Waals surface area contributed by atoms with Crippen LogP contribution in [0.4, 0.5) is 0 Å². The zero-order valence-electron chi connectivity index (χ0n) is 27.6. The first-order valence-electron chi connectivity index (χ1n) is 15.0. The van der Waals surface area contributed by atoms with E-state index >= 15 is 0 Å². The van der Waals surface area contributed by atoms with Gasteiger partial charge in [-0.15, -0.1) is 0 Å². The summed E-state index contributed by atoms with van der Waals surface area (Å²) in [6.07, 6.45) is 3.09. The number of ether oxygens (including phenoxy) is 3. The fourth-order valence-electron chi connectivity index (χ4n) is 4.87. The molecule has 8 nitrogen and oxygen atoms in total. The number of hydrogen-bond donors (Lipinski definition) is 0. The van der Waals surface area contributed by atoms with Gasteiger partial charge in [-0.05, 0) is 109 Å². The van der Waals surface area contributed by atoms with Gasteiger partial charge in [0.25, 0.3) is 0 Å². The van der Waals surface area contributed by atoms with Crippen molar-refractivity contribution in [1.82, 2.24) is 0 Å². The summed E-state index contributed by atoms with van der Waals surface area (Å²) in [7, 11) is -13.9. The van der Waals surface area contributed by atoms with Crippen LogP contribution in [0.2, 0.25) is 90.1 Å². The van der Waals surface area contributed by atoms with Crippen LogP contribution in [0.3, 0.4) is 0 Å². The lowest BCUT2D eigenvalue weighted by Gasteiger charge is -2.45. The zero-order valence-corrected chi connectivity index (χ0v) is 33.6. The van der Waals surface area contributed by atoms with E-state index in [0.29, 0.717) is 13.2 Å². The topological polar surface area (TPSA) is 77.1 Å². The highest BCUT2D eigenvalue weighted by Crippen LogP contribution is 2.33. The maximum absolute atomic E-state index is 7.27. The molecular weight excluding hydrogens is 597 g/mol. The molecule has 0 N–H and O–H groups in total. The normalized spacial score (nSPS) is 21.3. The third-order valence-corrected chi connectivity index (χ3v) is 28.9. The molecule has 1 saturated heterocycles. The number of epoxide rings is 1. The number of hydrogen-bond acceptors (Lipinski definition) is 8. The van der Waals surface area contributed by atoms with E-state index in [0.717, 1.165) is 57.2 Å². The van der Waals surface area contributed by atoms with Gasteiger partial charge in [0.1, 0.15) is 6.10 Å². The molecule has 0 bridgehead atoms. The molecule has 1 heterocycles. The van der Waals surface area contributed by atoms with Gasteiger partial charge in [0.05, 0.1) is 13.2 Å². The molecule has 0 aromatic heterocycles. The average Bonchev–Trinajstić information content (AvgIpc) is 3.53. The largest absolute Gasteiger partial charge is 0.437 e. The molecule has 1 aliphatic rings. The predicted molar refractivity (Wildman–Crippen MR) is 175 cm³/mol. The maximum atomic E-state index is 7.27. The van der Waals surface area contributed by atoms with Crippen LogP contribution in [0, 0.1) is 0 Å². The Balaban J connectivity index is 3.18. The second-order valence-electron chi connectivity index (χ2n) is 13.7. The fourth-order valence-corrected chi connectivity index (χ4v) is 33.9. The third kappa shape index (κ3) is 18.3. The molecule has 1 fully saturated rings. The van der Waals surface area contributed by atoms with Crippen molar-refractivity contribution in [3.63, 3.8) is 0 Å². The highest BCUT2D eigenvalue weighted by Gasteiger charge is 2.51. The van der Waals surface area contributed by atoms with Crippen LogP contribution in [-0.2, 0) is 34.8 Å². The number of rotatable bonds is 23. The van der Waals surface area contributed by atoms with E-state index in [-0.39, 0.29) is 6.10 Å². The first-order chi connectivity index (χ1) is 17.7. The Labute approximate surface area is 247 Å². The minimum atomic E-state index is -2.71. The van der Waals surface area contributed by atoms with Gasteiger partial charge in [0.2, 0.25) is 0 Å². The Morgan fingerprint density at radius 3 is 1.54 bits per heavy atom. The monoisotopic (exact) mass is 658 g/mol. The van der Waals surface area contributed by atoms with Crippen molar-refractivity contribution < 1.29 is 34.8 Å². The fraction of sp³-hybridized carbons (Fsp3) is 1.00. The molecule has 0 saturated carbocycles. The maximum Gasteiger partial charge on any atom is 0.317 e. The first kappa shape index (κ1) is 38.0. The highest BCUT2D eigenvalue weighted by atomic mass is 28.5. The standard InChI is InChI=1S/C25H62O8Si6/c1-14-18-26-19-16-21-38(12,31-36(9,10)29-34(3,4)5)33-39(13,22-17-20-27-23-25-24-28-25)32-37(11,15-2)30-35(6,7)8/h25H,14-24H2,1-13H3. The van der Waals surface area contributed by atoms with Gasteiger partial charge >= 0.3 is 34.2 Å². The molecule has 0 aromatic carbocycles. The lowest BCUT2D eigenvalue weighted by Crippen LogP contribution is -2.62. The summed E-state index contributed by atoms with van der Waals surface area (Å²) in [6, 6.07) is 2.58. The van der Waals surface area contributed by atoms with Crippen molar-refractivity contribution >= 4 is 50.9 Å².